The molecule has 41 heavy (non-hydrogen) atoms. The van der Waals surface area contributed by atoms with Gasteiger partial charge < -0.3 is 23.7 Å². The van der Waals surface area contributed by atoms with Gasteiger partial charge in [0.25, 0.3) is 0 Å². The third-order valence-corrected chi connectivity index (χ3v) is 16.3. The van der Waals surface area contributed by atoms with E-state index in [-0.39, 0.29) is 29.8 Å². The predicted octanol–water partition coefficient (Wildman–Crippen LogP) is 6.42. The highest BCUT2D eigenvalue weighted by molar-refractivity contribution is 6.80. The van der Waals surface area contributed by atoms with Crippen molar-refractivity contribution in [2.24, 2.45) is 34.5 Å². The molecule has 7 rings (SSSR count). The molecule has 0 aromatic heterocycles. The highest BCUT2D eigenvalue weighted by Crippen LogP contribution is 2.77. The van der Waals surface area contributed by atoms with Crippen LogP contribution >= 0.6 is 0 Å². The molecule has 4 saturated carbocycles. The van der Waals surface area contributed by atoms with E-state index in [2.05, 4.69) is 33.5 Å². The molecule has 7 aliphatic rings. The summed E-state index contributed by atoms with van der Waals surface area (Å²) in [6, 6.07) is 0. The largest absolute Gasteiger partial charge is 0.490 e. The van der Waals surface area contributed by atoms with Gasteiger partial charge in [-0.05, 0) is 87.4 Å². The second kappa shape index (κ2) is 9.18. The van der Waals surface area contributed by atoms with Gasteiger partial charge in [0, 0.05) is 17.9 Å². The molecule has 0 spiro atoms. The van der Waals surface area contributed by atoms with Crippen molar-refractivity contribution in [3.63, 3.8) is 0 Å². The van der Waals surface area contributed by atoms with Gasteiger partial charge in [-0.3, -0.25) is 0 Å². The van der Waals surface area contributed by atoms with Crippen molar-refractivity contribution in [3.05, 3.63) is 0 Å². The molecule has 10 heteroatoms. The Morgan fingerprint density at radius 1 is 1.00 bits per heavy atom. The van der Waals surface area contributed by atoms with Crippen LogP contribution in [0.4, 0.5) is 13.2 Å². The van der Waals surface area contributed by atoms with E-state index in [1.807, 2.05) is 0 Å². The Morgan fingerprint density at radius 3 is 2.39 bits per heavy atom. The fraction of sp³-hybridized carbons (Fsp3) is 0.968. The van der Waals surface area contributed by atoms with Gasteiger partial charge in [0.15, 0.2) is 11.9 Å². The SMILES string of the molecule is C[C@]12CC[C@H](OC3CCCCO3)C[C@H]1CC[C@H]1[C@@H]3[C@@H]4O[C@@H]4[C@@](OC(=O)C(F)(F)F)([C@@]4([Si](C)(C)C)CO4)[C@@]3(C)CC[C@@H]12. The van der Waals surface area contributed by atoms with Crippen LogP contribution in [-0.2, 0) is 28.5 Å². The lowest BCUT2D eigenvalue weighted by atomic mass is 9.44. The standard InChI is InChI=1S/C31H47F3O6Si/c1-27-13-11-19(38-22-8-6-7-15-36-22)16-18(27)9-10-20-21(27)12-14-28(2)23(20)24-25(39-24)30(28,40-26(35)31(32,33)34)29(17-37-29)41(3,4)5/h18-25H,6-17H2,1-5H3/t18-,19+,20-,21+,22?,23-,24+,25+,27+,28+,29+,30+/m1/s1. The first-order chi connectivity index (χ1) is 19.2. The molecule has 3 saturated heterocycles. The van der Waals surface area contributed by atoms with E-state index in [4.69, 9.17) is 23.7 Å². The van der Waals surface area contributed by atoms with Crippen molar-refractivity contribution in [2.75, 3.05) is 13.2 Å². The minimum atomic E-state index is -5.06. The minimum absolute atomic E-state index is 0.0621. The zero-order chi connectivity index (χ0) is 29.2. The van der Waals surface area contributed by atoms with Crippen molar-refractivity contribution in [3.8, 4) is 0 Å². The zero-order valence-electron chi connectivity index (χ0n) is 25.2. The van der Waals surface area contributed by atoms with E-state index in [1.165, 1.54) is 0 Å². The van der Waals surface area contributed by atoms with Crippen LogP contribution in [-0.4, -0.2) is 68.9 Å². The second-order valence-electron chi connectivity index (χ2n) is 15.9. The Balaban J connectivity index is 1.17. The van der Waals surface area contributed by atoms with Crippen LogP contribution in [0.2, 0.25) is 19.6 Å². The Kier molecular flexibility index (Phi) is 6.50. The van der Waals surface area contributed by atoms with Gasteiger partial charge >= 0.3 is 12.1 Å². The molecule has 0 aromatic carbocycles. The average molecular weight is 601 g/mol. The summed E-state index contributed by atoms with van der Waals surface area (Å²) >= 11 is 0. The van der Waals surface area contributed by atoms with Crippen LogP contribution in [0.1, 0.15) is 78.1 Å². The Bertz CT molecular complexity index is 1070. The molecule has 232 valence electrons. The van der Waals surface area contributed by atoms with Crippen LogP contribution in [0.5, 0.6) is 0 Å². The number of ether oxygens (including phenoxy) is 5. The van der Waals surface area contributed by atoms with Gasteiger partial charge in [-0.2, -0.15) is 13.2 Å². The number of hydrogen-bond donors (Lipinski definition) is 0. The lowest BCUT2D eigenvalue weighted by molar-refractivity contribution is -0.251. The zero-order valence-corrected chi connectivity index (χ0v) is 26.2. The van der Waals surface area contributed by atoms with Gasteiger partial charge in [0.2, 0.25) is 0 Å². The van der Waals surface area contributed by atoms with Crippen LogP contribution < -0.4 is 0 Å². The fourth-order valence-electron chi connectivity index (χ4n) is 11.1. The van der Waals surface area contributed by atoms with E-state index >= 15 is 0 Å². The number of fused-ring (bicyclic) bond motifs is 7. The number of alkyl halides is 3. The quantitative estimate of drug-likeness (QED) is 0.157. The highest BCUT2D eigenvalue weighted by Gasteiger charge is 2.90. The maximum absolute atomic E-state index is 13.8. The Hall–Kier alpha value is -0.683. The number of rotatable bonds is 5. The molecule has 0 radical (unpaired) electrons. The summed E-state index contributed by atoms with van der Waals surface area (Å²) < 4.78 is 72.0. The average Bonchev–Trinajstić information content (AvgIpc) is 3.82. The summed E-state index contributed by atoms with van der Waals surface area (Å²) in [4.78, 5) is 12.6. The summed E-state index contributed by atoms with van der Waals surface area (Å²) in [5.41, 5.74) is -1.86. The molecule has 0 N–H and O–H groups in total. The van der Waals surface area contributed by atoms with Crippen molar-refractivity contribution in [1.29, 1.82) is 0 Å². The normalized spacial score (nSPS) is 52.5. The van der Waals surface area contributed by atoms with Crippen LogP contribution in [0.3, 0.4) is 0 Å². The topological polar surface area (TPSA) is 69.8 Å². The summed E-state index contributed by atoms with van der Waals surface area (Å²) in [5, 5.41) is -0.867. The number of halogens is 3. The van der Waals surface area contributed by atoms with Crippen molar-refractivity contribution in [1.82, 2.24) is 0 Å². The van der Waals surface area contributed by atoms with E-state index in [9.17, 15) is 18.0 Å². The number of esters is 1. The second-order valence-corrected chi connectivity index (χ2v) is 21.2. The molecular formula is C31H47F3O6Si. The van der Waals surface area contributed by atoms with Crippen molar-refractivity contribution >= 4 is 14.0 Å². The van der Waals surface area contributed by atoms with Gasteiger partial charge in [-0.1, -0.05) is 33.5 Å². The first kappa shape index (κ1) is 29.1. The van der Waals surface area contributed by atoms with Crippen LogP contribution in [0.15, 0.2) is 0 Å². The Labute approximate surface area is 242 Å². The van der Waals surface area contributed by atoms with E-state index in [1.54, 1.807) is 0 Å². The summed E-state index contributed by atoms with van der Waals surface area (Å²) in [6.07, 6.45) is 4.66. The summed E-state index contributed by atoms with van der Waals surface area (Å²) in [7, 11) is -2.26. The molecule has 0 bridgehead atoms. The molecule has 7 fully saturated rings. The lowest BCUT2D eigenvalue weighted by Crippen LogP contribution is -2.72. The highest BCUT2D eigenvalue weighted by atomic mass is 28.3. The summed E-state index contributed by atoms with van der Waals surface area (Å²) in [5.74, 6) is -0.645. The monoisotopic (exact) mass is 600 g/mol. The first-order valence-corrected chi connectivity index (χ1v) is 19.5. The van der Waals surface area contributed by atoms with Crippen LogP contribution in [0, 0.1) is 34.5 Å². The molecule has 0 amide bonds. The number of carbonyl (C=O) groups is 1. The van der Waals surface area contributed by atoms with Crippen molar-refractivity contribution < 1.29 is 41.7 Å². The van der Waals surface area contributed by atoms with Gasteiger partial charge in [0.1, 0.15) is 11.3 Å². The van der Waals surface area contributed by atoms with Crippen molar-refractivity contribution in [2.45, 2.75) is 139 Å². The van der Waals surface area contributed by atoms with E-state index in [0.29, 0.717) is 24.4 Å². The molecule has 12 atom stereocenters. The fourth-order valence-corrected chi connectivity index (χ4v) is 13.7. The Morgan fingerprint density at radius 2 is 1.76 bits per heavy atom. The maximum Gasteiger partial charge on any atom is 0.490 e. The lowest BCUT2D eigenvalue weighted by Gasteiger charge is -2.63. The summed E-state index contributed by atoms with van der Waals surface area (Å²) in [6.45, 7) is 12.1. The van der Waals surface area contributed by atoms with Crippen LogP contribution in [0.25, 0.3) is 0 Å². The smallest absolute Gasteiger partial charge is 0.446 e. The molecule has 0 aromatic rings. The minimum Gasteiger partial charge on any atom is -0.446 e. The predicted molar refractivity (Wildman–Crippen MR) is 147 cm³/mol. The molecule has 6 nitrogen and oxygen atoms in total. The van der Waals surface area contributed by atoms with Gasteiger partial charge in [0.05, 0.1) is 26.9 Å². The third kappa shape index (κ3) is 3.98. The number of hydrogen-bond acceptors (Lipinski definition) is 6. The maximum atomic E-state index is 13.8. The van der Waals surface area contributed by atoms with E-state index < -0.39 is 42.6 Å². The van der Waals surface area contributed by atoms with Gasteiger partial charge in [-0.15, -0.1) is 0 Å². The number of carbonyl (C=O) groups excluding carboxylic acids is 1. The first-order valence-electron chi connectivity index (χ1n) is 16.0. The third-order valence-electron chi connectivity index (χ3n) is 13.2. The molecule has 4 aliphatic carbocycles. The van der Waals surface area contributed by atoms with E-state index in [0.717, 1.165) is 70.8 Å². The van der Waals surface area contributed by atoms with Gasteiger partial charge in [-0.25, -0.2) is 4.79 Å². The molecule has 1 unspecified atom stereocenters. The molecule has 3 heterocycles. The molecular weight excluding hydrogens is 553 g/mol. The molecule has 3 aliphatic heterocycles. The number of epoxide rings is 2.